The summed E-state index contributed by atoms with van der Waals surface area (Å²) in [6.45, 7) is 8.25. The largest absolute Gasteiger partial charge is 0.453 e. The summed E-state index contributed by atoms with van der Waals surface area (Å²) in [5.74, 6) is 1.68. The fourth-order valence-corrected chi connectivity index (χ4v) is 1.57. The molecule has 0 atom stereocenters. The van der Waals surface area contributed by atoms with E-state index in [2.05, 4.69) is 40.4 Å². The molecule has 1 aromatic heterocycles. The Bertz CT molecular complexity index is 273. The smallest absolute Gasteiger partial charge is 0.169 e. The van der Waals surface area contributed by atoms with Gasteiger partial charge in [0, 0.05) is 13.1 Å². The van der Waals surface area contributed by atoms with Crippen LogP contribution in [0.1, 0.15) is 19.6 Å². The Kier molecular flexibility index (Phi) is 5.98. The Hall–Kier alpha value is -0.320. The molecule has 0 radical (unpaired) electrons. The van der Waals surface area contributed by atoms with Crippen LogP contribution in [0.3, 0.4) is 0 Å². The molecular formula is C11H19BrN2O. The monoisotopic (exact) mass is 274 g/mol. The summed E-state index contributed by atoms with van der Waals surface area (Å²) < 4.78 is 6.15. The molecule has 0 aliphatic heterocycles. The lowest BCUT2D eigenvalue weighted by Gasteiger charge is -2.07. The molecule has 1 aromatic rings. The molecule has 15 heavy (non-hydrogen) atoms. The Morgan fingerprint density at radius 1 is 1.27 bits per heavy atom. The maximum Gasteiger partial charge on any atom is 0.169 e. The van der Waals surface area contributed by atoms with Crippen molar-refractivity contribution < 1.29 is 4.42 Å². The van der Waals surface area contributed by atoms with E-state index < -0.39 is 0 Å². The minimum atomic E-state index is 0.714. The lowest BCUT2D eigenvalue weighted by Crippen LogP contribution is -2.29. The zero-order valence-electron chi connectivity index (χ0n) is 9.35. The Morgan fingerprint density at radius 2 is 2.00 bits per heavy atom. The van der Waals surface area contributed by atoms with Crippen molar-refractivity contribution in [3.05, 3.63) is 22.6 Å². The summed E-state index contributed by atoms with van der Waals surface area (Å²) in [5, 5.41) is 6.69. The van der Waals surface area contributed by atoms with Gasteiger partial charge in [-0.1, -0.05) is 13.8 Å². The summed E-state index contributed by atoms with van der Waals surface area (Å²) in [6, 6.07) is 3.88. The number of hydrogen-bond donors (Lipinski definition) is 2. The third kappa shape index (κ3) is 5.97. The predicted molar refractivity (Wildman–Crippen MR) is 65.8 cm³/mol. The second kappa shape index (κ2) is 7.04. The maximum absolute atomic E-state index is 5.36. The lowest BCUT2D eigenvalue weighted by molar-refractivity contribution is 0.460. The molecular weight excluding hydrogens is 256 g/mol. The number of furan rings is 1. The molecule has 0 saturated carbocycles. The van der Waals surface area contributed by atoms with Gasteiger partial charge in [-0.2, -0.15) is 0 Å². The van der Waals surface area contributed by atoms with E-state index in [0.29, 0.717) is 5.92 Å². The molecule has 0 aromatic carbocycles. The van der Waals surface area contributed by atoms with Gasteiger partial charge in [0.25, 0.3) is 0 Å². The van der Waals surface area contributed by atoms with Gasteiger partial charge in [-0.25, -0.2) is 0 Å². The third-order valence-electron chi connectivity index (χ3n) is 1.96. The van der Waals surface area contributed by atoms with Crippen LogP contribution in [0.2, 0.25) is 0 Å². The predicted octanol–water partition coefficient (Wildman–Crippen LogP) is 2.38. The summed E-state index contributed by atoms with van der Waals surface area (Å²) in [7, 11) is 0. The zero-order valence-corrected chi connectivity index (χ0v) is 10.9. The van der Waals surface area contributed by atoms with E-state index in [4.69, 9.17) is 4.42 Å². The van der Waals surface area contributed by atoms with Crippen molar-refractivity contribution in [3.8, 4) is 0 Å². The maximum atomic E-state index is 5.36. The molecule has 0 aliphatic rings. The van der Waals surface area contributed by atoms with E-state index in [9.17, 15) is 0 Å². The van der Waals surface area contributed by atoms with Gasteiger partial charge in [0.2, 0.25) is 0 Å². The van der Waals surface area contributed by atoms with Crippen molar-refractivity contribution in [1.29, 1.82) is 0 Å². The molecule has 3 nitrogen and oxygen atoms in total. The van der Waals surface area contributed by atoms with Crippen molar-refractivity contribution in [2.75, 3.05) is 19.6 Å². The van der Waals surface area contributed by atoms with Crippen molar-refractivity contribution in [1.82, 2.24) is 10.6 Å². The van der Waals surface area contributed by atoms with Crippen LogP contribution in [0.15, 0.2) is 21.2 Å². The topological polar surface area (TPSA) is 37.2 Å². The first kappa shape index (κ1) is 12.7. The highest BCUT2D eigenvalue weighted by atomic mass is 79.9. The van der Waals surface area contributed by atoms with Crippen LogP contribution < -0.4 is 10.6 Å². The summed E-state index contributed by atoms with van der Waals surface area (Å²) in [4.78, 5) is 0. The molecule has 0 aliphatic carbocycles. The third-order valence-corrected chi connectivity index (χ3v) is 2.39. The Labute approximate surface area is 99.7 Å². The average Bonchev–Trinajstić information content (AvgIpc) is 2.57. The average molecular weight is 275 g/mol. The van der Waals surface area contributed by atoms with Crippen LogP contribution in [0, 0.1) is 5.92 Å². The van der Waals surface area contributed by atoms with Crippen LogP contribution in [0.25, 0.3) is 0 Å². The molecule has 0 bridgehead atoms. The van der Waals surface area contributed by atoms with Crippen molar-refractivity contribution in [3.63, 3.8) is 0 Å². The van der Waals surface area contributed by atoms with Crippen LogP contribution in [0.5, 0.6) is 0 Å². The van der Waals surface area contributed by atoms with Gasteiger partial charge in [0.1, 0.15) is 5.76 Å². The zero-order chi connectivity index (χ0) is 11.1. The quantitative estimate of drug-likeness (QED) is 0.750. The summed E-state index contributed by atoms with van der Waals surface area (Å²) in [5.41, 5.74) is 0. The molecule has 86 valence electrons. The number of halogens is 1. The summed E-state index contributed by atoms with van der Waals surface area (Å²) >= 11 is 3.28. The van der Waals surface area contributed by atoms with Crippen LogP contribution >= 0.6 is 15.9 Å². The molecule has 1 rings (SSSR count). The number of hydrogen-bond acceptors (Lipinski definition) is 3. The molecule has 4 heteroatoms. The fraction of sp³-hybridized carbons (Fsp3) is 0.636. The number of rotatable bonds is 7. The van der Waals surface area contributed by atoms with E-state index in [1.54, 1.807) is 0 Å². The Balaban J connectivity index is 1.98. The van der Waals surface area contributed by atoms with E-state index in [0.717, 1.165) is 36.6 Å². The first-order chi connectivity index (χ1) is 7.18. The van der Waals surface area contributed by atoms with E-state index in [1.165, 1.54) is 0 Å². The lowest BCUT2D eigenvalue weighted by atomic mass is 10.2. The first-order valence-corrected chi connectivity index (χ1v) is 6.13. The number of nitrogens with one attached hydrogen (secondary N) is 2. The van der Waals surface area contributed by atoms with Gasteiger partial charge in [-0.3, -0.25) is 0 Å². The highest BCUT2D eigenvalue weighted by Gasteiger charge is 1.98. The van der Waals surface area contributed by atoms with Gasteiger partial charge in [-0.15, -0.1) is 0 Å². The highest BCUT2D eigenvalue weighted by Crippen LogP contribution is 2.13. The SMILES string of the molecule is CC(C)CNCCNCc1ccc(Br)o1. The van der Waals surface area contributed by atoms with E-state index in [-0.39, 0.29) is 0 Å². The molecule has 0 unspecified atom stereocenters. The van der Waals surface area contributed by atoms with Crippen molar-refractivity contribution in [2.45, 2.75) is 20.4 Å². The summed E-state index contributed by atoms with van der Waals surface area (Å²) in [6.07, 6.45) is 0. The molecule has 0 amide bonds. The normalized spacial score (nSPS) is 11.2. The van der Waals surface area contributed by atoms with E-state index >= 15 is 0 Å². The first-order valence-electron chi connectivity index (χ1n) is 5.34. The molecule has 0 spiro atoms. The standard InChI is InChI=1S/C11H19BrN2O/c1-9(2)7-13-5-6-14-8-10-3-4-11(12)15-10/h3-4,9,13-14H,5-8H2,1-2H3. The van der Waals surface area contributed by atoms with Crippen molar-refractivity contribution >= 4 is 15.9 Å². The molecule has 0 saturated heterocycles. The fourth-order valence-electron chi connectivity index (χ4n) is 1.23. The van der Waals surface area contributed by atoms with Crippen LogP contribution in [-0.2, 0) is 6.54 Å². The molecule has 0 fully saturated rings. The van der Waals surface area contributed by atoms with Gasteiger partial charge in [0.15, 0.2) is 4.67 Å². The minimum Gasteiger partial charge on any atom is -0.453 e. The minimum absolute atomic E-state index is 0.714. The molecule has 1 heterocycles. The molecule has 2 N–H and O–H groups in total. The Morgan fingerprint density at radius 3 is 2.60 bits per heavy atom. The van der Waals surface area contributed by atoms with Gasteiger partial charge >= 0.3 is 0 Å². The highest BCUT2D eigenvalue weighted by molar-refractivity contribution is 9.10. The van der Waals surface area contributed by atoms with Crippen LogP contribution in [0.4, 0.5) is 0 Å². The van der Waals surface area contributed by atoms with E-state index in [1.807, 2.05) is 12.1 Å². The van der Waals surface area contributed by atoms with Gasteiger partial charge in [0.05, 0.1) is 6.54 Å². The second-order valence-corrected chi connectivity index (χ2v) is 4.76. The van der Waals surface area contributed by atoms with Crippen molar-refractivity contribution in [2.24, 2.45) is 5.92 Å². The van der Waals surface area contributed by atoms with Crippen LogP contribution in [-0.4, -0.2) is 19.6 Å². The van der Waals surface area contributed by atoms with Gasteiger partial charge < -0.3 is 15.1 Å². The second-order valence-electron chi connectivity index (χ2n) is 3.98. The van der Waals surface area contributed by atoms with Gasteiger partial charge in [-0.05, 0) is 40.5 Å².